The molecule has 148 valence electrons. The average Bonchev–Trinajstić information content (AvgIpc) is 3.44. The van der Waals surface area contributed by atoms with E-state index in [9.17, 15) is 19.1 Å². The van der Waals surface area contributed by atoms with E-state index in [1.807, 2.05) is 6.92 Å². The van der Waals surface area contributed by atoms with Crippen LogP contribution >= 0.6 is 0 Å². The molecule has 3 atom stereocenters. The number of amides is 2. The van der Waals surface area contributed by atoms with Gasteiger partial charge in [0.1, 0.15) is 11.6 Å². The lowest BCUT2D eigenvalue weighted by atomic mass is 9.82. The lowest BCUT2D eigenvalue weighted by Crippen LogP contribution is -2.50. The van der Waals surface area contributed by atoms with Gasteiger partial charge in [-0.25, -0.2) is 4.39 Å². The predicted octanol–water partition coefficient (Wildman–Crippen LogP) is 2.50. The molecule has 6 nitrogen and oxygen atoms in total. The van der Waals surface area contributed by atoms with Crippen LogP contribution in [0.4, 0.5) is 4.39 Å². The zero-order chi connectivity index (χ0) is 19.4. The number of rotatable bonds is 7. The van der Waals surface area contributed by atoms with Crippen molar-refractivity contribution in [1.29, 1.82) is 0 Å². The highest BCUT2D eigenvalue weighted by molar-refractivity contribution is 5.95. The first-order valence-electron chi connectivity index (χ1n) is 9.69. The van der Waals surface area contributed by atoms with Gasteiger partial charge in [-0.1, -0.05) is 6.92 Å². The number of ether oxygens (including phenoxy) is 1. The Bertz CT molecular complexity index is 693. The number of halogens is 1. The highest BCUT2D eigenvalue weighted by Gasteiger charge is 2.37. The van der Waals surface area contributed by atoms with Crippen LogP contribution in [0.25, 0.3) is 0 Å². The summed E-state index contributed by atoms with van der Waals surface area (Å²) >= 11 is 0. The minimum atomic E-state index is -0.780. The van der Waals surface area contributed by atoms with E-state index in [1.54, 1.807) is 0 Å². The van der Waals surface area contributed by atoms with E-state index in [-0.39, 0.29) is 35.3 Å². The van der Waals surface area contributed by atoms with Crippen molar-refractivity contribution >= 4 is 11.8 Å². The van der Waals surface area contributed by atoms with Crippen molar-refractivity contribution in [1.82, 2.24) is 10.6 Å². The molecule has 27 heavy (non-hydrogen) atoms. The SMILES string of the molecule is CCCO[C@@H]1CC[C@H](C(=O)NC2CC2)C[C@H]1NC(=O)c1ccc(O)cc1F. The second-order valence-corrected chi connectivity index (χ2v) is 7.45. The monoisotopic (exact) mass is 378 g/mol. The van der Waals surface area contributed by atoms with Crippen LogP contribution in [0.2, 0.25) is 0 Å². The molecule has 0 radical (unpaired) electrons. The van der Waals surface area contributed by atoms with E-state index in [0.29, 0.717) is 31.9 Å². The molecule has 0 heterocycles. The van der Waals surface area contributed by atoms with Crippen LogP contribution in [-0.4, -0.2) is 41.7 Å². The highest BCUT2D eigenvalue weighted by Crippen LogP contribution is 2.29. The second-order valence-electron chi connectivity index (χ2n) is 7.45. The fourth-order valence-electron chi connectivity index (χ4n) is 3.48. The summed E-state index contributed by atoms with van der Waals surface area (Å²) in [5.74, 6) is -1.73. The molecule has 7 heteroatoms. The molecule has 0 aromatic heterocycles. The lowest BCUT2D eigenvalue weighted by Gasteiger charge is -2.36. The van der Waals surface area contributed by atoms with E-state index in [4.69, 9.17) is 4.74 Å². The summed E-state index contributed by atoms with van der Waals surface area (Å²) in [6, 6.07) is 3.37. The number of carbonyl (C=O) groups excluding carboxylic acids is 2. The van der Waals surface area contributed by atoms with Crippen LogP contribution in [0.1, 0.15) is 55.8 Å². The third-order valence-electron chi connectivity index (χ3n) is 5.13. The summed E-state index contributed by atoms with van der Waals surface area (Å²) in [6.07, 6.45) is 4.58. The van der Waals surface area contributed by atoms with Crippen LogP contribution in [0.15, 0.2) is 18.2 Å². The maximum absolute atomic E-state index is 14.0. The number of nitrogens with one attached hydrogen (secondary N) is 2. The molecule has 2 saturated carbocycles. The maximum atomic E-state index is 14.0. The average molecular weight is 378 g/mol. The minimum absolute atomic E-state index is 0.0292. The summed E-state index contributed by atoms with van der Waals surface area (Å²) in [5.41, 5.74) is -0.133. The molecule has 0 saturated heterocycles. The van der Waals surface area contributed by atoms with Crippen molar-refractivity contribution in [2.24, 2.45) is 5.92 Å². The highest BCUT2D eigenvalue weighted by atomic mass is 19.1. The fraction of sp³-hybridized carbons (Fsp3) is 0.600. The molecule has 1 aromatic carbocycles. The molecule has 2 fully saturated rings. The van der Waals surface area contributed by atoms with Crippen molar-refractivity contribution in [3.05, 3.63) is 29.6 Å². The number of hydrogen-bond acceptors (Lipinski definition) is 4. The van der Waals surface area contributed by atoms with E-state index < -0.39 is 11.7 Å². The Morgan fingerprint density at radius 2 is 2.00 bits per heavy atom. The van der Waals surface area contributed by atoms with Crippen molar-refractivity contribution in [3.8, 4) is 5.75 Å². The fourth-order valence-corrected chi connectivity index (χ4v) is 3.48. The third kappa shape index (κ3) is 5.19. The Hall–Kier alpha value is -2.15. The number of phenols is 1. The van der Waals surface area contributed by atoms with Crippen molar-refractivity contribution in [2.75, 3.05) is 6.61 Å². The summed E-state index contributed by atoms with van der Waals surface area (Å²) in [6.45, 7) is 2.58. The van der Waals surface area contributed by atoms with Crippen LogP contribution in [0.5, 0.6) is 5.75 Å². The van der Waals surface area contributed by atoms with Gasteiger partial charge in [0.25, 0.3) is 5.91 Å². The predicted molar refractivity (Wildman–Crippen MR) is 97.9 cm³/mol. The Kier molecular flexibility index (Phi) is 6.31. The zero-order valence-corrected chi connectivity index (χ0v) is 15.5. The van der Waals surface area contributed by atoms with E-state index in [2.05, 4.69) is 10.6 Å². The Balaban J connectivity index is 1.68. The molecule has 3 rings (SSSR count). The number of phenolic OH excluding ortho intramolecular Hbond substituents is 1. The number of aromatic hydroxyl groups is 1. The first-order valence-corrected chi connectivity index (χ1v) is 9.69. The first-order chi connectivity index (χ1) is 13.0. The second kappa shape index (κ2) is 8.69. The zero-order valence-electron chi connectivity index (χ0n) is 15.5. The summed E-state index contributed by atoms with van der Waals surface area (Å²) in [5, 5.41) is 15.2. The normalized spacial score (nSPS) is 25.0. The molecule has 0 aliphatic heterocycles. The smallest absolute Gasteiger partial charge is 0.254 e. The number of benzene rings is 1. The lowest BCUT2D eigenvalue weighted by molar-refractivity contribution is -0.127. The standard InChI is InChI=1S/C20H27FN2O4/c1-2-9-27-18-8-3-12(19(25)22-13-4-5-13)10-17(18)23-20(26)15-7-6-14(24)11-16(15)21/h6-7,11-13,17-18,24H,2-5,8-10H2,1H3,(H,22,25)(H,23,26)/t12-,17+,18+/m0/s1. The van der Waals surface area contributed by atoms with Gasteiger partial charge in [-0.2, -0.15) is 0 Å². The topological polar surface area (TPSA) is 87.7 Å². The number of hydrogen-bond donors (Lipinski definition) is 3. The van der Waals surface area contributed by atoms with Gasteiger partial charge in [0.2, 0.25) is 5.91 Å². The van der Waals surface area contributed by atoms with Crippen LogP contribution < -0.4 is 10.6 Å². The van der Waals surface area contributed by atoms with Gasteiger partial charge >= 0.3 is 0 Å². The summed E-state index contributed by atoms with van der Waals surface area (Å²) in [7, 11) is 0. The van der Waals surface area contributed by atoms with Gasteiger partial charge in [0, 0.05) is 24.6 Å². The molecular weight excluding hydrogens is 351 g/mol. The summed E-state index contributed by atoms with van der Waals surface area (Å²) < 4.78 is 19.9. The molecular formula is C20H27FN2O4. The quantitative estimate of drug-likeness (QED) is 0.680. The molecule has 0 bridgehead atoms. The maximum Gasteiger partial charge on any atom is 0.254 e. The van der Waals surface area contributed by atoms with Crippen molar-refractivity contribution in [2.45, 2.75) is 63.6 Å². The first kappa shape index (κ1) is 19.6. The number of carbonyl (C=O) groups is 2. The Morgan fingerprint density at radius 1 is 1.22 bits per heavy atom. The molecule has 1 aromatic rings. The summed E-state index contributed by atoms with van der Waals surface area (Å²) in [4.78, 5) is 24.9. The van der Waals surface area contributed by atoms with Gasteiger partial charge in [0.05, 0.1) is 17.7 Å². The Labute approximate surface area is 158 Å². The molecule has 2 aliphatic carbocycles. The van der Waals surface area contributed by atoms with Crippen LogP contribution in [0.3, 0.4) is 0 Å². The van der Waals surface area contributed by atoms with Gasteiger partial charge < -0.3 is 20.5 Å². The van der Waals surface area contributed by atoms with Crippen LogP contribution in [-0.2, 0) is 9.53 Å². The van der Waals surface area contributed by atoms with Crippen molar-refractivity contribution < 1.29 is 23.8 Å². The minimum Gasteiger partial charge on any atom is -0.508 e. The molecule has 2 aliphatic rings. The van der Waals surface area contributed by atoms with E-state index in [0.717, 1.165) is 25.3 Å². The molecule has 2 amide bonds. The van der Waals surface area contributed by atoms with Gasteiger partial charge in [0.15, 0.2) is 0 Å². The van der Waals surface area contributed by atoms with Gasteiger partial charge in [-0.05, 0) is 50.7 Å². The third-order valence-corrected chi connectivity index (χ3v) is 5.13. The molecule has 3 N–H and O–H groups in total. The Morgan fingerprint density at radius 3 is 2.67 bits per heavy atom. The largest absolute Gasteiger partial charge is 0.508 e. The van der Waals surface area contributed by atoms with E-state index >= 15 is 0 Å². The molecule has 0 unspecified atom stereocenters. The van der Waals surface area contributed by atoms with E-state index in [1.165, 1.54) is 12.1 Å². The van der Waals surface area contributed by atoms with Crippen LogP contribution in [0, 0.1) is 11.7 Å². The van der Waals surface area contributed by atoms with Gasteiger partial charge in [-0.3, -0.25) is 9.59 Å². The van der Waals surface area contributed by atoms with Crippen molar-refractivity contribution in [3.63, 3.8) is 0 Å². The van der Waals surface area contributed by atoms with Gasteiger partial charge in [-0.15, -0.1) is 0 Å². The molecule has 0 spiro atoms.